The summed E-state index contributed by atoms with van der Waals surface area (Å²) in [5.41, 5.74) is 0.435. The largest absolute Gasteiger partial charge is 0.387 e. The highest BCUT2D eigenvalue weighted by atomic mass is 16.5. The summed E-state index contributed by atoms with van der Waals surface area (Å²) in [7, 11) is 1.68. The number of aliphatic hydroxyl groups is 1. The zero-order chi connectivity index (χ0) is 17.8. The number of carbonyl (C=O) groups excluding carboxylic acids is 1. The van der Waals surface area contributed by atoms with E-state index in [1.807, 2.05) is 6.08 Å². The molecule has 0 aromatic carbocycles. The van der Waals surface area contributed by atoms with Crippen molar-refractivity contribution in [1.82, 2.24) is 0 Å². The number of ether oxygens (including phenoxy) is 1. The summed E-state index contributed by atoms with van der Waals surface area (Å²) >= 11 is 0. The number of methoxy groups -OCH3 is 1. The van der Waals surface area contributed by atoms with Gasteiger partial charge in [-0.2, -0.15) is 0 Å². The van der Waals surface area contributed by atoms with Crippen molar-refractivity contribution >= 4 is 5.78 Å². The van der Waals surface area contributed by atoms with E-state index in [2.05, 4.69) is 12.8 Å². The number of terminal acetylenes is 1. The van der Waals surface area contributed by atoms with Crippen molar-refractivity contribution in [3.05, 3.63) is 11.6 Å². The zero-order valence-electron chi connectivity index (χ0n) is 15.5. The van der Waals surface area contributed by atoms with E-state index in [9.17, 15) is 9.90 Å². The van der Waals surface area contributed by atoms with Gasteiger partial charge in [0.15, 0.2) is 5.78 Å². The first kappa shape index (κ1) is 17.3. The van der Waals surface area contributed by atoms with Gasteiger partial charge in [-0.05, 0) is 68.3 Å². The van der Waals surface area contributed by atoms with Crippen LogP contribution in [-0.2, 0) is 9.53 Å². The molecule has 0 aromatic heterocycles. The van der Waals surface area contributed by atoms with Crippen molar-refractivity contribution in [2.45, 2.75) is 57.5 Å². The molecule has 4 rings (SSSR count). The average Bonchev–Trinajstić information content (AvgIpc) is 2.85. The Labute approximate surface area is 151 Å². The molecule has 136 valence electrons. The number of ketones is 1. The van der Waals surface area contributed by atoms with Crippen LogP contribution in [0.5, 0.6) is 0 Å². The second kappa shape index (κ2) is 5.96. The molecule has 0 amide bonds. The number of hydrogen-bond donors (Lipinski definition) is 1. The normalized spacial score (nSPS) is 48.8. The summed E-state index contributed by atoms with van der Waals surface area (Å²) in [6.07, 6.45) is 14.5. The molecule has 0 saturated heterocycles. The Morgan fingerprint density at radius 1 is 1.36 bits per heavy atom. The van der Waals surface area contributed by atoms with E-state index < -0.39 is 5.60 Å². The minimum Gasteiger partial charge on any atom is -0.387 e. The monoisotopic (exact) mass is 342 g/mol. The Balaban J connectivity index is 1.71. The van der Waals surface area contributed by atoms with Gasteiger partial charge in [0.1, 0.15) is 0 Å². The lowest BCUT2D eigenvalue weighted by Crippen LogP contribution is -2.57. The van der Waals surface area contributed by atoms with Gasteiger partial charge in [0.2, 0.25) is 0 Å². The lowest BCUT2D eigenvalue weighted by Gasteiger charge is -2.57. The molecule has 0 heterocycles. The van der Waals surface area contributed by atoms with Crippen LogP contribution in [0.25, 0.3) is 0 Å². The minimum absolute atomic E-state index is 0.160. The lowest BCUT2D eigenvalue weighted by molar-refractivity contribution is -0.153. The van der Waals surface area contributed by atoms with Gasteiger partial charge in [-0.25, -0.2) is 0 Å². The van der Waals surface area contributed by atoms with Crippen molar-refractivity contribution in [2.75, 3.05) is 13.7 Å². The first-order valence-corrected chi connectivity index (χ1v) is 9.84. The number of carbonyl (C=O) groups is 1. The Morgan fingerprint density at radius 2 is 2.16 bits per heavy atom. The van der Waals surface area contributed by atoms with Gasteiger partial charge in [0.05, 0.1) is 12.2 Å². The quantitative estimate of drug-likeness (QED) is 0.783. The molecule has 0 bridgehead atoms. The summed E-state index contributed by atoms with van der Waals surface area (Å²) < 4.78 is 5.40. The van der Waals surface area contributed by atoms with Crippen LogP contribution in [0, 0.1) is 47.3 Å². The lowest BCUT2D eigenvalue weighted by atomic mass is 9.47. The Morgan fingerprint density at radius 3 is 2.88 bits per heavy atom. The number of fused-ring (bicyclic) bond motifs is 5. The predicted octanol–water partition coefficient (Wildman–Crippen LogP) is 3.37. The maximum Gasteiger partial charge on any atom is 0.155 e. The highest BCUT2D eigenvalue weighted by Crippen LogP contribution is 2.66. The van der Waals surface area contributed by atoms with E-state index in [4.69, 9.17) is 11.2 Å². The smallest absolute Gasteiger partial charge is 0.155 e. The second-order valence-corrected chi connectivity index (χ2v) is 9.12. The van der Waals surface area contributed by atoms with Gasteiger partial charge in [-0.1, -0.05) is 12.5 Å². The Bertz CT molecular complexity index is 644. The van der Waals surface area contributed by atoms with E-state index in [1.165, 1.54) is 5.57 Å². The number of hydrogen-bond acceptors (Lipinski definition) is 3. The van der Waals surface area contributed by atoms with Crippen LogP contribution in [0.2, 0.25) is 0 Å². The molecule has 3 nitrogen and oxygen atoms in total. The van der Waals surface area contributed by atoms with Gasteiger partial charge < -0.3 is 9.84 Å². The molecular formula is C22H30O3. The molecule has 0 spiro atoms. The molecule has 3 fully saturated rings. The standard InChI is InChI=1S/C22H30O3/c1-4-14-12-21(2)19(9-10-22(21,24)13-25-3)18-7-5-15-11-16(23)6-8-17(15)20(14)18/h1,11,14,17-20,24H,5-10,12-13H2,2-3H3/t14-,17-,18-,19-,20+,21-,22+/m0/s1. The minimum atomic E-state index is -0.759. The molecule has 3 saturated carbocycles. The Hall–Kier alpha value is -1.11. The van der Waals surface area contributed by atoms with E-state index in [-0.39, 0.29) is 17.1 Å². The van der Waals surface area contributed by atoms with Crippen LogP contribution in [0.1, 0.15) is 51.9 Å². The predicted molar refractivity (Wildman–Crippen MR) is 96.6 cm³/mol. The fourth-order valence-corrected chi connectivity index (χ4v) is 7.05. The second-order valence-electron chi connectivity index (χ2n) is 9.12. The van der Waals surface area contributed by atoms with Crippen LogP contribution in [-0.4, -0.2) is 30.2 Å². The fraction of sp³-hybridized carbons (Fsp3) is 0.773. The maximum absolute atomic E-state index is 11.9. The first-order valence-electron chi connectivity index (χ1n) is 9.84. The highest BCUT2D eigenvalue weighted by molar-refractivity contribution is 5.91. The van der Waals surface area contributed by atoms with Crippen molar-refractivity contribution in [3.63, 3.8) is 0 Å². The third-order valence-corrected chi connectivity index (χ3v) is 8.22. The van der Waals surface area contributed by atoms with E-state index in [0.29, 0.717) is 36.7 Å². The molecule has 4 aliphatic rings. The number of rotatable bonds is 2. The van der Waals surface area contributed by atoms with Crippen molar-refractivity contribution < 1.29 is 14.6 Å². The molecule has 7 atom stereocenters. The third kappa shape index (κ3) is 2.37. The van der Waals surface area contributed by atoms with Crippen LogP contribution in [0.3, 0.4) is 0 Å². The summed E-state index contributed by atoms with van der Waals surface area (Å²) in [5.74, 6) is 5.64. The summed E-state index contributed by atoms with van der Waals surface area (Å²) in [4.78, 5) is 11.9. The summed E-state index contributed by atoms with van der Waals surface area (Å²) in [5, 5.41) is 11.4. The topological polar surface area (TPSA) is 46.5 Å². The van der Waals surface area contributed by atoms with Crippen molar-refractivity contribution in [1.29, 1.82) is 0 Å². The van der Waals surface area contributed by atoms with Gasteiger partial charge in [-0.3, -0.25) is 4.79 Å². The highest BCUT2D eigenvalue weighted by Gasteiger charge is 2.64. The molecule has 1 N–H and O–H groups in total. The van der Waals surface area contributed by atoms with Crippen LogP contribution >= 0.6 is 0 Å². The van der Waals surface area contributed by atoms with Crippen molar-refractivity contribution in [3.8, 4) is 12.3 Å². The van der Waals surface area contributed by atoms with E-state index in [1.54, 1.807) is 7.11 Å². The molecule has 0 aliphatic heterocycles. The SMILES string of the molecule is C#C[C@H]1C[C@@]2(C)[C@@H](CC[C@@]2(O)COC)[C@@H]2CCC3=CC(=O)CC[C@@H]3[C@H]21. The molecule has 25 heavy (non-hydrogen) atoms. The fourth-order valence-electron chi connectivity index (χ4n) is 7.05. The van der Waals surface area contributed by atoms with Crippen LogP contribution in [0.15, 0.2) is 11.6 Å². The molecule has 0 unspecified atom stereocenters. The first-order chi connectivity index (χ1) is 11.9. The third-order valence-electron chi connectivity index (χ3n) is 8.22. The molecule has 0 aromatic rings. The van der Waals surface area contributed by atoms with E-state index >= 15 is 0 Å². The molecule has 3 heteroatoms. The number of allylic oxidation sites excluding steroid dienone is 1. The van der Waals surface area contributed by atoms with Gasteiger partial charge >= 0.3 is 0 Å². The maximum atomic E-state index is 11.9. The van der Waals surface area contributed by atoms with Crippen LogP contribution in [0.4, 0.5) is 0 Å². The summed E-state index contributed by atoms with van der Waals surface area (Å²) in [6, 6.07) is 0. The average molecular weight is 342 g/mol. The van der Waals surface area contributed by atoms with Crippen LogP contribution < -0.4 is 0 Å². The Kier molecular flexibility index (Phi) is 4.13. The molecule has 0 radical (unpaired) electrons. The summed E-state index contributed by atoms with van der Waals surface area (Å²) in [6.45, 7) is 2.65. The van der Waals surface area contributed by atoms with Gasteiger partial charge in [-0.15, -0.1) is 12.3 Å². The van der Waals surface area contributed by atoms with Gasteiger partial charge in [0.25, 0.3) is 0 Å². The van der Waals surface area contributed by atoms with Gasteiger partial charge in [0, 0.05) is 24.9 Å². The molecule has 4 aliphatic carbocycles. The zero-order valence-corrected chi connectivity index (χ0v) is 15.5. The molecular weight excluding hydrogens is 312 g/mol. The van der Waals surface area contributed by atoms with E-state index in [0.717, 1.165) is 38.5 Å². The van der Waals surface area contributed by atoms with Crippen molar-refractivity contribution in [2.24, 2.45) is 35.0 Å².